The standard InChI is InChI=1S/C21H19ClFN3O3/c22-14-5-1-12(2-6-14)17-11-15(23)7-8-16(17)18(27)24-10-9-21(13-3-4-13)19(28)25-20(29)26-21/h1-2,5-8,11,13H,3-4,9-10H2,(H,24,27)(H2,25,26,28,29)/t21-/m0/s1. The molecule has 4 amide bonds. The Balaban J connectivity index is 1.50. The van der Waals surface area contributed by atoms with Crippen LogP contribution >= 0.6 is 11.6 Å². The van der Waals surface area contributed by atoms with Gasteiger partial charge in [0.25, 0.3) is 11.8 Å². The Morgan fingerprint density at radius 3 is 2.52 bits per heavy atom. The van der Waals surface area contributed by atoms with Crippen LogP contribution in [0.2, 0.25) is 5.02 Å². The number of nitrogens with one attached hydrogen (secondary N) is 3. The van der Waals surface area contributed by atoms with Gasteiger partial charge in [0.2, 0.25) is 0 Å². The second-order valence-electron chi connectivity index (χ2n) is 7.36. The van der Waals surface area contributed by atoms with E-state index in [4.69, 9.17) is 11.6 Å². The van der Waals surface area contributed by atoms with E-state index in [9.17, 15) is 18.8 Å². The van der Waals surface area contributed by atoms with Crippen LogP contribution in [0.4, 0.5) is 9.18 Å². The maximum Gasteiger partial charge on any atom is 0.322 e. The molecule has 0 spiro atoms. The highest BCUT2D eigenvalue weighted by Crippen LogP contribution is 2.43. The average Bonchev–Trinajstić information content (AvgIpc) is 3.49. The van der Waals surface area contributed by atoms with Crippen molar-refractivity contribution in [2.24, 2.45) is 5.92 Å². The van der Waals surface area contributed by atoms with Crippen molar-refractivity contribution >= 4 is 29.4 Å². The minimum Gasteiger partial charge on any atom is -0.352 e. The first-order valence-corrected chi connectivity index (χ1v) is 9.74. The number of rotatable bonds is 6. The van der Waals surface area contributed by atoms with Crippen molar-refractivity contribution in [3.63, 3.8) is 0 Å². The Morgan fingerprint density at radius 2 is 1.90 bits per heavy atom. The number of carbonyl (C=O) groups excluding carboxylic acids is 3. The van der Waals surface area contributed by atoms with E-state index in [0.29, 0.717) is 28.1 Å². The fraction of sp³-hybridized carbons (Fsp3) is 0.286. The summed E-state index contributed by atoms with van der Waals surface area (Å²) in [5.41, 5.74) is 0.458. The Morgan fingerprint density at radius 1 is 1.17 bits per heavy atom. The molecule has 2 aliphatic rings. The largest absolute Gasteiger partial charge is 0.352 e. The van der Waals surface area contributed by atoms with Gasteiger partial charge in [-0.3, -0.25) is 14.9 Å². The molecule has 6 nitrogen and oxygen atoms in total. The minimum atomic E-state index is -0.966. The highest BCUT2D eigenvalue weighted by atomic mass is 35.5. The van der Waals surface area contributed by atoms with Crippen LogP contribution in [0.1, 0.15) is 29.6 Å². The van der Waals surface area contributed by atoms with Gasteiger partial charge in [0, 0.05) is 17.1 Å². The molecular formula is C21H19ClFN3O3. The molecular weight excluding hydrogens is 397 g/mol. The van der Waals surface area contributed by atoms with Crippen LogP contribution in [0.15, 0.2) is 42.5 Å². The summed E-state index contributed by atoms with van der Waals surface area (Å²) in [6.45, 7) is 0.195. The third kappa shape index (κ3) is 3.82. The van der Waals surface area contributed by atoms with E-state index >= 15 is 0 Å². The molecule has 29 heavy (non-hydrogen) atoms. The smallest absolute Gasteiger partial charge is 0.322 e. The summed E-state index contributed by atoms with van der Waals surface area (Å²) >= 11 is 5.91. The lowest BCUT2D eigenvalue weighted by Gasteiger charge is -2.26. The number of halogens is 2. The van der Waals surface area contributed by atoms with Gasteiger partial charge in [-0.2, -0.15) is 0 Å². The number of amides is 4. The number of hydrogen-bond acceptors (Lipinski definition) is 3. The van der Waals surface area contributed by atoms with E-state index < -0.39 is 17.4 Å². The van der Waals surface area contributed by atoms with Gasteiger partial charge >= 0.3 is 6.03 Å². The van der Waals surface area contributed by atoms with Crippen molar-refractivity contribution in [2.75, 3.05) is 6.54 Å². The minimum absolute atomic E-state index is 0.0845. The highest BCUT2D eigenvalue weighted by molar-refractivity contribution is 6.30. The lowest BCUT2D eigenvalue weighted by molar-refractivity contribution is -0.124. The SMILES string of the molecule is O=C1NC(=O)[C@](CCNC(=O)c2ccc(F)cc2-c2ccc(Cl)cc2)(C2CC2)N1. The molecule has 0 unspecified atom stereocenters. The van der Waals surface area contributed by atoms with Crippen LogP contribution in [0.25, 0.3) is 11.1 Å². The van der Waals surface area contributed by atoms with E-state index in [1.165, 1.54) is 18.2 Å². The number of imide groups is 1. The molecule has 8 heteroatoms. The lowest BCUT2D eigenvalue weighted by atomic mass is 9.89. The molecule has 2 aromatic rings. The molecule has 1 aliphatic carbocycles. The summed E-state index contributed by atoms with van der Waals surface area (Å²) in [5.74, 6) is -1.10. The molecule has 0 aromatic heterocycles. The fourth-order valence-electron chi connectivity index (χ4n) is 3.80. The molecule has 1 saturated carbocycles. The van der Waals surface area contributed by atoms with Crippen molar-refractivity contribution in [1.29, 1.82) is 0 Å². The lowest BCUT2D eigenvalue weighted by Crippen LogP contribution is -2.51. The molecule has 1 atom stereocenters. The predicted octanol–water partition coefficient (Wildman–Crippen LogP) is 3.25. The Kier molecular flexibility index (Phi) is 5.00. The van der Waals surface area contributed by atoms with Crippen LogP contribution in [-0.4, -0.2) is 29.9 Å². The first-order valence-electron chi connectivity index (χ1n) is 9.36. The maximum absolute atomic E-state index is 13.8. The molecule has 150 valence electrons. The summed E-state index contributed by atoms with van der Waals surface area (Å²) in [5, 5.41) is 8.35. The first kappa shape index (κ1) is 19.4. The van der Waals surface area contributed by atoms with Gasteiger partial charge in [-0.05, 0) is 66.6 Å². The second-order valence-corrected chi connectivity index (χ2v) is 7.79. The Hall–Kier alpha value is -2.93. The first-order chi connectivity index (χ1) is 13.9. The van der Waals surface area contributed by atoms with Crippen molar-refractivity contribution in [1.82, 2.24) is 16.0 Å². The third-order valence-electron chi connectivity index (χ3n) is 5.43. The molecule has 4 rings (SSSR count). The normalized spacial score (nSPS) is 20.9. The fourth-order valence-corrected chi connectivity index (χ4v) is 3.93. The molecule has 1 heterocycles. The number of carbonyl (C=O) groups is 3. The molecule has 2 aromatic carbocycles. The highest BCUT2D eigenvalue weighted by Gasteiger charge is 2.55. The van der Waals surface area contributed by atoms with E-state index in [1.807, 2.05) is 0 Å². The zero-order valence-corrected chi connectivity index (χ0v) is 16.2. The summed E-state index contributed by atoms with van der Waals surface area (Å²) < 4.78 is 13.8. The summed E-state index contributed by atoms with van der Waals surface area (Å²) in [6, 6.07) is 10.2. The topological polar surface area (TPSA) is 87.3 Å². The molecule has 3 N–H and O–H groups in total. The molecule has 1 saturated heterocycles. The summed E-state index contributed by atoms with van der Waals surface area (Å²) in [4.78, 5) is 36.7. The van der Waals surface area contributed by atoms with E-state index in [2.05, 4.69) is 16.0 Å². The van der Waals surface area contributed by atoms with Crippen molar-refractivity contribution in [2.45, 2.75) is 24.8 Å². The molecule has 0 radical (unpaired) electrons. The van der Waals surface area contributed by atoms with Crippen molar-refractivity contribution in [3.05, 3.63) is 58.9 Å². The quantitative estimate of drug-likeness (QED) is 0.633. The monoisotopic (exact) mass is 415 g/mol. The van der Waals surface area contributed by atoms with Gasteiger partial charge in [0.1, 0.15) is 11.4 Å². The zero-order valence-electron chi connectivity index (χ0n) is 15.4. The van der Waals surface area contributed by atoms with E-state index in [1.54, 1.807) is 24.3 Å². The van der Waals surface area contributed by atoms with Gasteiger partial charge < -0.3 is 10.6 Å². The summed E-state index contributed by atoms with van der Waals surface area (Å²) in [6.07, 6.45) is 2.01. The number of benzene rings is 2. The van der Waals surface area contributed by atoms with Gasteiger partial charge in [0.15, 0.2) is 0 Å². The Bertz CT molecular complexity index is 991. The van der Waals surface area contributed by atoms with Gasteiger partial charge in [0.05, 0.1) is 0 Å². The van der Waals surface area contributed by atoms with Crippen LogP contribution < -0.4 is 16.0 Å². The van der Waals surface area contributed by atoms with E-state index in [0.717, 1.165) is 12.8 Å². The van der Waals surface area contributed by atoms with Crippen molar-refractivity contribution < 1.29 is 18.8 Å². The summed E-state index contributed by atoms with van der Waals surface area (Å²) in [7, 11) is 0. The third-order valence-corrected chi connectivity index (χ3v) is 5.68. The second kappa shape index (κ2) is 7.48. The number of hydrogen-bond donors (Lipinski definition) is 3. The number of urea groups is 1. The van der Waals surface area contributed by atoms with Gasteiger partial charge in [-0.25, -0.2) is 9.18 Å². The van der Waals surface area contributed by atoms with Gasteiger partial charge in [-0.15, -0.1) is 0 Å². The zero-order chi connectivity index (χ0) is 20.6. The van der Waals surface area contributed by atoms with Crippen LogP contribution in [-0.2, 0) is 4.79 Å². The van der Waals surface area contributed by atoms with Crippen LogP contribution in [0.5, 0.6) is 0 Å². The van der Waals surface area contributed by atoms with Crippen LogP contribution in [0.3, 0.4) is 0 Å². The molecule has 1 aliphatic heterocycles. The maximum atomic E-state index is 13.8. The van der Waals surface area contributed by atoms with Crippen LogP contribution in [0, 0.1) is 11.7 Å². The van der Waals surface area contributed by atoms with Gasteiger partial charge in [-0.1, -0.05) is 23.7 Å². The predicted molar refractivity (Wildman–Crippen MR) is 106 cm³/mol. The average molecular weight is 416 g/mol. The molecule has 2 fully saturated rings. The molecule has 0 bridgehead atoms. The Labute approximate surface area is 171 Å². The van der Waals surface area contributed by atoms with Crippen molar-refractivity contribution in [3.8, 4) is 11.1 Å². The van der Waals surface area contributed by atoms with E-state index in [-0.39, 0.29) is 24.3 Å².